The molecule has 2 rings (SSSR count). The summed E-state index contributed by atoms with van der Waals surface area (Å²) in [5, 5.41) is 3.31. The lowest BCUT2D eigenvalue weighted by atomic mass is 10.2. The quantitative estimate of drug-likeness (QED) is 0.768. The molecule has 1 heterocycles. The van der Waals surface area contributed by atoms with Crippen LogP contribution in [-0.2, 0) is 6.42 Å². The minimum Gasteiger partial charge on any atom is -0.371 e. The Morgan fingerprint density at radius 3 is 3.12 bits per heavy atom. The number of benzene rings is 1. The molecule has 0 aromatic heterocycles. The summed E-state index contributed by atoms with van der Waals surface area (Å²) in [5.41, 5.74) is 2.38. The van der Waals surface area contributed by atoms with E-state index in [-0.39, 0.29) is 5.82 Å². The average molecular weight is 222 g/mol. The fourth-order valence-electron chi connectivity index (χ4n) is 2.22. The lowest BCUT2D eigenvalue weighted by Gasteiger charge is -2.19. The van der Waals surface area contributed by atoms with Crippen LogP contribution in [0.5, 0.6) is 0 Å². The van der Waals surface area contributed by atoms with Crippen molar-refractivity contribution in [3.8, 4) is 0 Å². The standard InChI is InChI=1S/C13H19FN2/c1-2-15-7-3-8-16-9-6-11-4-5-12(14)10-13(11)16/h4-5,10,15H,2-3,6-9H2,1H3. The summed E-state index contributed by atoms with van der Waals surface area (Å²) in [6.07, 6.45) is 2.17. The molecular weight excluding hydrogens is 203 g/mol. The fraction of sp³-hybridized carbons (Fsp3) is 0.538. The summed E-state index contributed by atoms with van der Waals surface area (Å²) in [6, 6.07) is 5.13. The van der Waals surface area contributed by atoms with Gasteiger partial charge in [-0.3, -0.25) is 0 Å². The first-order chi connectivity index (χ1) is 7.81. The van der Waals surface area contributed by atoms with Crippen LogP contribution >= 0.6 is 0 Å². The summed E-state index contributed by atoms with van der Waals surface area (Å²) in [6.45, 7) is 6.22. The molecule has 0 saturated heterocycles. The largest absolute Gasteiger partial charge is 0.371 e. The van der Waals surface area contributed by atoms with E-state index in [1.54, 1.807) is 12.1 Å². The van der Waals surface area contributed by atoms with Crippen LogP contribution in [-0.4, -0.2) is 26.2 Å². The second-order valence-corrected chi connectivity index (χ2v) is 4.22. The molecule has 0 spiro atoms. The molecule has 1 aromatic rings. The van der Waals surface area contributed by atoms with E-state index in [9.17, 15) is 4.39 Å². The third-order valence-electron chi connectivity index (χ3n) is 3.07. The van der Waals surface area contributed by atoms with Gasteiger partial charge < -0.3 is 10.2 Å². The highest BCUT2D eigenvalue weighted by molar-refractivity contribution is 5.58. The van der Waals surface area contributed by atoms with Gasteiger partial charge in [-0.1, -0.05) is 13.0 Å². The van der Waals surface area contributed by atoms with Crippen LogP contribution < -0.4 is 10.2 Å². The van der Waals surface area contributed by atoms with Crippen molar-refractivity contribution >= 4 is 5.69 Å². The van der Waals surface area contributed by atoms with Gasteiger partial charge in [0.1, 0.15) is 5.82 Å². The Kier molecular flexibility index (Phi) is 3.78. The Hall–Kier alpha value is -1.09. The zero-order valence-electron chi connectivity index (χ0n) is 9.80. The predicted molar refractivity (Wildman–Crippen MR) is 65.5 cm³/mol. The van der Waals surface area contributed by atoms with Crippen molar-refractivity contribution < 1.29 is 4.39 Å². The van der Waals surface area contributed by atoms with Crippen molar-refractivity contribution in [3.05, 3.63) is 29.6 Å². The third-order valence-corrected chi connectivity index (χ3v) is 3.07. The molecule has 1 aliphatic rings. The van der Waals surface area contributed by atoms with Gasteiger partial charge in [0.2, 0.25) is 0 Å². The van der Waals surface area contributed by atoms with Crippen molar-refractivity contribution in [1.82, 2.24) is 5.32 Å². The first-order valence-corrected chi connectivity index (χ1v) is 6.05. The Balaban J connectivity index is 1.92. The van der Waals surface area contributed by atoms with E-state index in [0.717, 1.165) is 44.7 Å². The molecule has 0 radical (unpaired) electrons. The van der Waals surface area contributed by atoms with E-state index in [4.69, 9.17) is 0 Å². The molecule has 88 valence electrons. The van der Waals surface area contributed by atoms with Crippen molar-refractivity contribution in [2.45, 2.75) is 19.8 Å². The van der Waals surface area contributed by atoms with E-state index in [0.29, 0.717) is 0 Å². The molecule has 16 heavy (non-hydrogen) atoms. The second-order valence-electron chi connectivity index (χ2n) is 4.22. The highest BCUT2D eigenvalue weighted by Gasteiger charge is 2.18. The maximum Gasteiger partial charge on any atom is 0.125 e. The van der Waals surface area contributed by atoms with Gasteiger partial charge in [0.05, 0.1) is 0 Å². The molecular formula is C13H19FN2. The topological polar surface area (TPSA) is 15.3 Å². The third kappa shape index (κ3) is 2.53. The van der Waals surface area contributed by atoms with Gasteiger partial charge in [-0.15, -0.1) is 0 Å². The van der Waals surface area contributed by atoms with Crippen LogP contribution in [0.2, 0.25) is 0 Å². The van der Waals surface area contributed by atoms with E-state index in [2.05, 4.69) is 17.1 Å². The van der Waals surface area contributed by atoms with Gasteiger partial charge in [-0.25, -0.2) is 4.39 Å². The highest BCUT2D eigenvalue weighted by atomic mass is 19.1. The summed E-state index contributed by atoms with van der Waals surface area (Å²) in [7, 11) is 0. The predicted octanol–water partition coefficient (Wildman–Crippen LogP) is 2.19. The number of halogens is 1. The van der Waals surface area contributed by atoms with Gasteiger partial charge in [0, 0.05) is 18.8 Å². The van der Waals surface area contributed by atoms with Crippen LogP contribution in [0.1, 0.15) is 18.9 Å². The SMILES string of the molecule is CCNCCCN1CCc2ccc(F)cc21. The first-order valence-electron chi connectivity index (χ1n) is 6.05. The maximum absolute atomic E-state index is 13.1. The Morgan fingerprint density at radius 1 is 1.44 bits per heavy atom. The maximum atomic E-state index is 13.1. The number of hydrogen-bond donors (Lipinski definition) is 1. The lowest BCUT2D eigenvalue weighted by Crippen LogP contribution is -2.25. The van der Waals surface area contributed by atoms with Gasteiger partial charge in [0.25, 0.3) is 0 Å². The Bertz CT molecular complexity index is 352. The van der Waals surface area contributed by atoms with E-state index in [1.807, 2.05) is 6.07 Å². The van der Waals surface area contributed by atoms with Gasteiger partial charge >= 0.3 is 0 Å². The van der Waals surface area contributed by atoms with Gasteiger partial charge in [-0.2, -0.15) is 0 Å². The van der Waals surface area contributed by atoms with Crippen LogP contribution in [0.15, 0.2) is 18.2 Å². The molecule has 0 saturated carbocycles. The van der Waals surface area contributed by atoms with Crippen LogP contribution in [0.25, 0.3) is 0 Å². The van der Waals surface area contributed by atoms with Crippen molar-refractivity contribution in [1.29, 1.82) is 0 Å². The normalized spacial score (nSPS) is 14.2. The molecule has 0 unspecified atom stereocenters. The Labute approximate surface area is 96.5 Å². The second kappa shape index (κ2) is 5.30. The average Bonchev–Trinajstić information content (AvgIpc) is 2.67. The molecule has 0 amide bonds. The lowest BCUT2D eigenvalue weighted by molar-refractivity contribution is 0.626. The summed E-state index contributed by atoms with van der Waals surface area (Å²) < 4.78 is 13.1. The summed E-state index contributed by atoms with van der Waals surface area (Å²) in [4.78, 5) is 2.29. The number of nitrogens with zero attached hydrogens (tertiary/aromatic N) is 1. The molecule has 3 heteroatoms. The van der Waals surface area contributed by atoms with Crippen LogP contribution in [0.4, 0.5) is 10.1 Å². The van der Waals surface area contributed by atoms with Crippen molar-refractivity contribution in [2.75, 3.05) is 31.1 Å². The van der Waals surface area contributed by atoms with Gasteiger partial charge in [0.15, 0.2) is 0 Å². The summed E-state index contributed by atoms with van der Waals surface area (Å²) in [5.74, 6) is -0.127. The van der Waals surface area contributed by atoms with E-state index in [1.165, 1.54) is 5.56 Å². The monoisotopic (exact) mass is 222 g/mol. The molecule has 0 fully saturated rings. The Morgan fingerprint density at radius 2 is 2.31 bits per heavy atom. The molecule has 0 aliphatic carbocycles. The van der Waals surface area contributed by atoms with Crippen molar-refractivity contribution in [3.63, 3.8) is 0 Å². The molecule has 1 aliphatic heterocycles. The highest BCUT2D eigenvalue weighted by Crippen LogP contribution is 2.28. The number of nitrogens with one attached hydrogen (secondary N) is 1. The molecule has 1 N–H and O–H groups in total. The zero-order chi connectivity index (χ0) is 11.4. The van der Waals surface area contributed by atoms with Crippen molar-refractivity contribution in [2.24, 2.45) is 0 Å². The molecule has 1 aromatic carbocycles. The number of hydrogen-bond acceptors (Lipinski definition) is 2. The molecule has 2 nitrogen and oxygen atoms in total. The number of fused-ring (bicyclic) bond motifs is 1. The number of rotatable bonds is 5. The molecule has 0 atom stereocenters. The van der Waals surface area contributed by atoms with Crippen LogP contribution in [0.3, 0.4) is 0 Å². The van der Waals surface area contributed by atoms with Crippen LogP contribution in [0, 0.1) is 5.82 Å². The van der Waals surface area contributed by atoms with Gasteiger partial charge in [-0.05, 0) is 43.6 Å². The minimum atomic E-state index is -0.127. The van der Waals surface area contributed by atoms with E-state index < -0.39 is 0 Å². The minimum absolute atomic E-state index is 0.127. The first kappa shape index (κ1) is 11.4. The number of anilines is 1. The van der Waals surface area contributed by atoms with E-state index >= 15 is 0 Å². The zero-order valence-corrected chi connectivity index (χ0v) is 9.80. The molecule has 0 bridgehead atoms. The smallest absolute Gasteiger partial charge is 0.125 e. The summed E-state index contributed by atoms with van der Waals surface area (Å²) >= 11 is 0. The fourth-order valence-corrected chi connectivity index (χ4v) is 2.22.